The van der Waals surface area contributed by atoms with Crippen LogP contribution < -0.4 is 5.73 Å². The number of nitrogen functional groups attached to an aromatic ring is 1. The number of benzene rings is 2. The molecule has 0 spiro atoms. The summed E-state index contributed by atoms with van der Waals surface area (Å²) in [7, 11) is 5.94. The Morgan fingerprint density at radius 1 is 0.963 bits per heavy atom. The van der Waals surface area contributed by atoms with Gasteiger partial charge in [-0.3, -0.25) is 4.79 Å². The summed E-state index contributed by atoms with van der Waals surface area (Å²) in [5.41, 5.74) is 8.57. The minimum absolute atomic E-state index is 0.0461. The van der Waals surface area contributed by atoms with E-state index in [1.165, 1.54) is 0 Å². The normalized spacial score (nSPS) is 11.1. The molecular formula is C22H26N4O. The topological polar surface area (TPSA) is 62.5 Å². The Bertz CT molecular complexity index is 952. The zero-order valence-electron chi connectivity index (χ0n) is 16.1. The zero-order chi connectivity index (χ0) is 19.4. The third-order valence-corrected chi connectivity index (χ3v) is 4.63. The molecule has 140 valence electrons. The van der Waals surface area contributed by atoms with Gasteiger partial charge in [0.2, 0.25) is 0 Å². The molecule has 0 aliphatic carbocycles. The summed E-state index contributed by atoms with van der Waals surface area (Å²) < 4.78 is 0. The number of carbonyl (C=O) groups is 1. The number of amides is 1. The van der Waals surface area contributed by atoms with Gasteiger partial charge in [-0.1, -0.05) is 24.3 Å². The van der Waals surface area contributed by atoms with Gasteiger partial charge >= 0.3 is 0 Å². The van der Waals surface area contributed by atoms with E-state index in [1.54, 1.807) is 11.1 Å². The molecule has 0 saturated heterocycles. The molecule has 0 radical (unpaired) electrons. The minimum atomic E-state index is 0.0461. The Kier molecular flexibility index (Phi) is 5.72. The second-order valence-corrected chi connectivity index (χ2v) is 7.14. The van der Waals surface area contributed by atoms with Gasteiger partial charge in [0.25, 0.3) is 5.91 Å². The Labute approximate surface area is 160 Å². The van der Waals surface area contributed by atoms with Crippen molar-refractivity contribution in [2.45, 2.75) is 6.42 Å². The predicted octanol–water partition coefficient (Wildman–Crippen LogP) is 3.51. The van der Waals surface area contributed by atoms with Gasteiger partial charge in [-0.15, -0.1) is 0 Å². The number of rotatable bonds is 6. The van der Waals surface area contributed by atoms with Gasteiger partial charge in [-0.05, 0) is 67.8 Å². The van der Waals surface area contributed by atoms with Gasteiger partial charge in [0.05, 0.1) is 0 Å². The molecule has 2 N–H and O–H groups in total. The lowest BCUT2D eigenvalue weighted by Gasteiger charge is -2.19. The molecule has 27 heavy (non-hydrogen) atoms. The van der Waals surface area contributed by atoms with E-state index in [2.05, 4.69) is 16.0 Å². The summed E-state index contributed by atoms with van der Waals surface area (Å²) in [5.74, 6) is 0.549. The lowest BCUT2D eigenvalue weighted by molar-refractivity contribution is 0.0790. The first-order chi connectivity index (χ1) is 12.9. The van der Waals surface area contributed by atoms with Crippen LogP contribution in [0.2, 0.25) is 0 Å². The molecule has 1 aromatic heterocycles. The maximum Gasteiger partial charge on any atom is 0.253 e. The minimum Gasteiger partial charge on any atom is -0.384 e. The largest absolute Gasteiger partial charge is 0.384 e. The van der Waals surface area contributed by atoms with Gasteiger partial charge in [0, 0.05) is 30.7 Å². The lowest BCUT2D eigenvalue weighted by atomic mass is 10.00. The fourth-order valence-corrected chi connectivity index (χ4v) is 3.12. The first-order valence-electron chi connectivity index (χ1n) is 9.10. The molecule has 0 unspecified atom stereocenters. The van der Waals surface area contributed by atoms with E-state index in [0.717, 1.165) is 41.4 Å². The standard InChI is InChI=1S/C22H26N4O/c1-25(2)10-5-11-26(3)22(27)18-7-4-6-16(12-18)17-8-9-19-15-24-21(23)14-20(19)13-17/h4,6-9,12-15H,5,10-11H2,1-3H3,(H2,23,24). The average molecular weight is 362 g/mol. The number of nitrogens with zero attached hydrogens (tertiary/aromatic N) is 3. The SMILES string of the molecule is CN(C)CCCN(C)C(=O)c1cccc(-c2ccc3cnc(N)cc3c2)c1. The Balaban J connectivity index is 1.81. The van der Waals surface area contributed by atoms with E-state index in [4.69, 9.17) is 5.73 Å². The third-order valence-electron chi connectivity index (χ3n) is 4.63. The highest BCUT2D eigenvalue weighted by Gasteiger charge is 2.12. The highest BCUT2D eigenvalue weighted by molar-refractivity contribution is 5.96. The highest BCUT2D eigenvalue weighted by atomic mass is 16.2. The van der Waals surface area contributed by atoms with Crippen molar-refractivity contribution >= 4 is 22.5 Å². The van der Waals surface area contributed by atoms with Gasteiger partial charge < -0.3 is 15.5 Å². The number of aromatic nitrogens is 1. The van der Waals surface area contributed by atoms with Gasteiger partial charge in [-0.25, -0.2) is 4.98 Å². The van der Waals surface area contributed by atoms with Crippen molar-refractivity contribution in [1.82, 2.24) is 14.8 Å². The van der Waals surface area contributed by atoms with Gasteiger partial charge in [-0.2, -0.15) is 0 Å². The molecule has 2 aromatic carbocycles. The number of nitrogens with two attached hydrogens (primary N) is 1. The van der Waals surface area contributed by atoms with Crippen molar-refractivity contribution in [3.05, 3.63) is 60.3 Å². The van der Waals surface area contributed by atoms with Crippen LogP contribution in [0.25, 0.3) is 21.9 Å². The summed E-state index contributed by atoms with van der Waals surface area (Å²) in [5, 5.41) is 2.08. The van der Waals surface area contributed by atoms with Gasteiger partial charge in [0.1, 0.15) is 5.82 Å². The second-order valence-electron chi connectivity index (χ2n) is 7.14. The van der Waals surface area contributed by atoms with Crippen molar-refractivity contribution in [3.8, 4) is 11.1 Å². The monoisotopic (exact) mass is 362 g/mol. The van der Waals surface area contributed by atoms with Crippen LogP contribution in [0.4, 0.5) is 5.82 Å². The van der Waals surface area contributed by atoms with Crippen LogP contribution in [-0.2, 0) is 0 Å². The number of anilines is 1. The molecule has 0 atom stereocenters. The molecule has 0 fully saturated rings. The maximum absolute atomic E-state index is 12.7. The zero-order valence-corrected chi connectivity index (χ0v) is 16.1. The second kappa shape index (κ2) is 8.18. The number of hydrogen-bond donors (Lipinski definition) is 1. The highest BCUT2D eigenvalue weighted by Crippen LogP contribution is 2.26. The van der Waals surface area contributed by atoms with Crippen molar-refractivity contribution in [2.75, 3.05) is 40.0 Å². The van der Waals surface area contributed by atoms with E-state index < -0.39 is 0 Å². The summed E-state index contributed by atoms with van der Waals surface area (Å²) in [6.45, 7) is 1.70. The molecule has 0 aliphatic heterocycles. The van der Waals surface area contributed by atoms with Crippen LogP contribution >= 0.6 is 0 Å². The van der Waals surface area contributed by atoms with Gasteiger partial charge in [0.15, 0.2) is 0 Å². The molecule has 0 saturated carbocycles. The summed E-state index contributed by atoms with van der Waals surface area (Å²) in [6.07, 6.45) is 2.73. The summed E-state index contributed by atoms with van der Waals surface area (Å²) in [4.78, 5) is 20.8. The van der Waals surface area contributed by atoms with E-state index in [9.17, 15) is 4.79 Å². The fraction of sp³-hybridized carbons (Fsp3) is 0.273. The number of hydrogen-bond acceptors (Lipinski definition) is 4. The van der Waals surface area contributed by atoms with Crippen molar-refractivity contribution in [3.63, 3.8) is 0 Å². The first-order valence-corrected chi connectivity index (χ1v) is 9.10. The molecule has 5 heteroatoms. The maximum atomic E-state index is 12.7. The van der Waals surface area contributed by atoms with E-state index in [0.29, 0.717) is 11.4 Å². The smallest absolute Gasteiger partial charge is 0.253 e. The molecule has 0 aliphatic rings. The van der Waals surface area contributed by atoms with Crippen LogP contribution in [0.15, 0.2) is 54.7 Å². The summed E-state index contributed by atoms with van der Waals surface area (Å²) >= 11 is 0. The Morgan fingerprint density at radius 3 is 2.52 bits per heavy atom. The molecule has 0 bridgehead atoms. The molecule has 1 heterocycles. The quantitative estimate of drug-likeness (QED) is 0.729. The first kappa shape index (κ1) is 18.9. The van der Waals surface area contributed by atoms with E-state index in [-0.39, 0.29) is 5.91 Å². The van der Waals surface area contributed by atoms with E-state index >= 15 is 0 Å². The molecule has 1 amide bonds. The Morgan fingerprint density at radius 2 is 1.74 bits per heavy atom. The van der Waals surface area contributed by atoms with Crippen LogP contribution in [0, 0.1) is 0 Å². The van der Waals surface area contributed by atoms with Crippen LogP contribution in [0.3, 0.4) is 0 Å². The van der Waals surface area contributed by atoms with Crippen LogP contribution in [0.5, 0.6) is 0 Å². The Hall–Kier alpha value is -2.92. The van der Waals surface area contributed by atoms with Crippen molar-refractivity contribution < 1.29 is 4.79 Å². The fourth-order valence-electron chi connectivity index (χ4n) is 3.12. The summed E-state index contributed by atoms with van der Waals surface area (Å²) in [6, 6.07) is 15.8. The number of pyridine rings is 1. The van der Waals surface area contributed by atoms with Crippen molar-refractivity contribution in [2.24, 2.45) is 0 Å². The lowest BCUT2D eigenvalue weighted by Crippen LogP contribution is -2.29. The van der Waals surface area contributed by atoms with E-state index in [1.807, 2.05) is 63.6 Å². The van der Waals surface area contributed by atoms with Crippen molar-refractivity contribution in [1.29, 1.82) is 0 Å². The third kappa shape index (κ3) is 4.63. The molecule has 3 aromatic rings. The number of fused-ring (bicyclic) bond motifs is 1. The van der Waals surface area contributed by atoms with Crippen LogP contribution in [0.1, 0.15) is 16.8 Å². The molecular weight excluding hydrogens is 336 g/mol. The average Bonchev–Trinajstić information content (AvgIpc) is 2.66. The number of carbonyl (C=O) groups excluding carboxylic acids is 1. The molecule has 5 nitrogen and oxygen atoms in total. The van der Waals surface area contributed by atoms with Crippen LogP contribution in [-0.4, -0.2) is 54.9 Å². The molecule has 3 rings (SSSR count). The predicted molar refractivity (Wildman–Crippen MR) is 112 cm³/mol.